The third-order valence-electron chi connectivity index (χ3n) is 4.63. The first kappa shape index (κ1) is 19.1. The highest BCUT2D eigenvalue weighted by Gasteiger charge is 2.29. The van der Waals surface area contributed by atoms with Crippen LogP contribution >= 0.6 is 0 Å². The zero-order valence-electron chi connectivity index (χ0n) is 15.7. The van der Waals surface area contributed by atoms with Crippen LogP contribution in [-0.2, 0) is 10.0 Å². The first-order valence-corrected chi connectivity index (χ1v) is 10.3. The van der Waals surface area contributed by atoms with Crippen LogP contribution < -0.4 is 10.0 Å². The monoisotopic (exact) mass is 386 g/mol. The lowest BCUT2D eigenvalue weighted by molar-refractivity contribution is 0.0879. The lowest BCUT2D eigenvalue weighted by Gasteiger charge is -2.21. The van der Waals surface area contributed by atoms with Crippen LogP contribution in [0.3, 0.4) is 0 Å². The number of fused-ring (bicyclic) bond motifs is 1. The van der Waals surface area contributed by atoms with Gasteiger partial charge in [0, 0.05) is 0 Å². The Bertz CT molecular complexity index is 1010. The van der Waals surface area contributed by atoms with E-state index in [0.717, 1.165) is 11.1 Å². The molecule has 2 aromatic rings. The van der Waals surface area contributed by atoms with Crippen molar-refractivity contribution in [1.29, 1.82) is 0 Å². The van der Waals surface area contributed by atoms with E-state index in [0.29, 0.717) is 5.69 Å². The molecule has 2 aromatic carbocycles. The molecule has 0 saturated carbocycles. The second-order valence-corrected chi connectivity index (χ2v) is 8.90. The lowest BCUT2D eigenvalue weighted by atomic mass is 9.93. The highest BCUT2D eigenvalue weighted by atomic mass is 32.2. The molecule has 6 nitrogen and oxygen atoms in total. The summed E-state index contributed by atoms with van der Waals surface area (Å²) in [7, 11) is -3.93. The molecule has 0 bridgehead atoms. The molecule has 1 heterocycles. The van der Waals surface area contributed by atoms with Crippen LogP contribution in [0.5, 0.6) is 0 Å². The van der Waals surface area contributed by atoms with Crippen molar-refractivity contribution in [3.05, 3.63) is 58.7 Å². The van der Waals surface area contributed by atoms with Crippen molar-refractivity contribution in [2.45, 2.75) is 44.4 Å². The minimum atomic E-state index is -3.93. The van der Waals surface area contributed by atoms with Gasteiger partial charge in [-0.2, -0.15) is 0 Å². The van der Waals surface area contributed by atoms with Crippen molar-refractivity contribution in [2.75, 3.05) is 4.72 Å². The summed E-state index contributed by atoms with van der Waals surface area (Å²) in [6, 6.07) is 9.68. The normalized spacial score (nSPS) is 13.9. The fourth-order valence-electron chi connectivity index (χ4n) is 3.18. The Morgan fingerprint density at radius 2 is 1.41 bits per heavy atom. The van der Waals surface area contributed by atoms with Crippen LogP contribution in [0, 0.1) is 0 Å². The average molecular weight is 386 g/mol. The fourth-order valence-corrected chi connectivity index (χ4v) is 4.32. The molecule has 0 aromatic heterocycles. The predicted octanol–water partition coefficient (Wildman–Crippen LogP) is 3.62. The van der Waals surface area contributed by atoms with Gasteiger partial charge < -0.3 is 0 Å². The molecule has 0 unspecified atom stereocenters. The molecule has 0 radical (unpaired) electrons. The van der Waals surface area contributed by atoms with Crippen molar-refractivity contribution >= 4 is 27.5 Å². The number of anilines is 1. The molecule has 2 N–H and O–H groups in total. The van der Waals surface area contributed by atoms with Crippen molar-refractivity contribution < 1.29 is 18.0 Å². The minimum absolute atomic E-state index is 0.0561. The molecule has 0 atom stereocenters. The number of carbonyl (C=O) groups excluding carboxylic acids is 2. The van der Waals surface area contributed by atoms with Crippen LogP contribution in [0.25, 0.3) is 0 Å². The van der Waals surface area contributed by atoms with Gasteiger partial charge >= 0.3 is 0 Å². The number of hydrogen-bond donors (Lipinski definition) is 2. The number of nitrogens with one attached hydrogen (secondary N) is 2. The van der Waals surface area contributed by atoms with Gasteiger partial charge in [0.15, 0.2) is 0 Å². The van der Waals surface area contributed by atoms with Crippen LogP contribution in [0.4, 0.5) is 5.69 Å². The van der Waals surface area contributed by atoms with E-state index < -0.39 is 21.8 Å². The van der Waals surface area contributed by atoms with Gasteiger partial charge in [-0.15, -0.1) is 0 Å². The molecule has 142 valence electrons. The van der Waals surface area contributed by atoms with Gasteiger partial charge in [-0.25, -0.2) is 8.42 Å². The quantitative estimate of drug-likeness (QED) is 0.768. The molecule has 27 heavy (non-hydrogen) atoms. The Morgan fingerprint density at radius 1 is 0.852 bits per heavy atom. The van der Waals surface area contributed by atoms with Gasteiger partial charge in [0.2, 0.25) is 0 Å². The largest absolute Gasteiger partial charge is 0.288 e. The molecular weight excluding hydrogens is 364 g/mol. The number of sulfonamides is 1. The number of benzene rings is 2. The standard InChI is InChI=1S/C20H22N2O4S/c1-11(2)14-6-5-7-15(12(3)4)18(14)22-27(25,26)13-8-9-16-17(10-13)20(24)21-19(16)23/h5-12,22H,1-4H3,(H,21,23,24). The van der Waals surface area contributed by atoms with Crippen molar-refractivity contribution in [2.24, 2.45) is 0 Å². The maximum absolute atomic E-state index is 13.0. The van der Waals surface area contributed by atoms with E-state index in [-0.39, 0.29) is 27.9 Å². The summed E-state index contributed by atoms with van der Waals surface area (Å²) in [5.41, 5.74) is 2.63. The number of hydrogen-bond acceptors (Lipinski definition) is 4. The summed E-state index contributed by atoms with van der Waals surface area (Å²) in [5, 5.41) is 2.17. The smallest absolute Gasteiger partial charge is 0.261 e. The van der Waals surface area contributed by atoms with Crippen molar-refractivity contribution in [1.82, 2.24) is 5.32 Å². The molecule has 1 aliphatic rings. The first-order chi connectivity index (χ1) is 12.6. The van der Waals surface area contributed by atoms with E-state index in [1.807, 2.05) is 45.9 Å². The van der Waals surface area contributed by atoms with Crippen LogP contribution in [0.1, 0.15) is 71.4 Å². The number of amides is 2. The molecule has 7 heteroatoms. The molecular formula is C20H22N2O4S. The predicted molar refractivity (Wildman–Crippen MR) is 104 cm³/mol. The third-order valence-corrected chi connectivity index (χ3v) is 5.97. The van der Waals surface area contributed by atoms with Gasteiger partial charge in [-0.3, -0.25) is 19.6 Å². The lowest BCUT2D eigenvalue weighted by Crippen LogP contribution is -2.20. The van der Waals surface area contributed by atoms with Crippen molar-refractivity contribution in [3.63, 3.8) is 0 Å². The fraction of sp³-hybridized carbons (Fsp3) is 0.300. The number of carbonyl (C=O) groups is 2. The summed E-state index contributed by atoms with van der Waals surface area (Å²) in [5.74, 6) is -0.841. The molecule has 0 spiro atoms. The van der Waals surface area contributed by atoms with E-state index in [2.05, 4.69) is 10.0 Å². The zero-order valence-corrected chi connectivity index (χ0v) is 16.5. The van der Waals surface area contributed by atoms with E-state index in [1.54, 1.807) is 0 Å². The Morgan fingerprint density at radius 3 is 1.96 bits per heavy atom. The number of para-hydroxylation sites is 1. The van der Waals surface area contributed by atoms with Gasteiger partial charge in [-0.1, -0.05) is 45.9 Å². The first-order valence-electron chi connectivity index (χ1n) is 8.77. The third kappa shape index (κ3) is 3.47. The van der Waals surface area contributed by atoms with Gasteiger partial charge in [0.25, 0.3) is 21.8 Å². The second-order valence-electron chi connectivity index (χ2n) is 7.22. The van der Waals surface area contributed by atoms with Gasteiger partial charge in [0.05, 0.1) is 21.7 Å². The SMILES string of the molecule is CC(C)c1cccc(C(C)C)c1NS(=O)(=O)c1ccc2c(c1)C(=O)NC2=O. The van der Waals surface area contributed by atoms with Gasteiger partial charge in [-0.05, 0) is 41.2 Å². The van der Waals surface area contributed by atoms with Gasteiger partial charge in [0.1, 0.15) is 0 Å². The molecule has 0 fully saturated rings. The average Bonchev–Trinajstić information content (AvgIpc) is 2.88. The molecule has 1 aliphatic heterocycles. The highest BCUT2D eigenvalue weighted by molar-refractivity contribution is 7.92. The summed E-state index contributed by atoms with van der Waals surface area (Å²) in [6.45, 7) is 8.01. The van der Waals surface area contributed by atoms with Crippen LogP contribution in [0.15, 0.2) is 41.3 Å². The molecule has 0 aliphatic carbocycles. The number of rotatable bonds is 5. The Kier molecular flexibility index (Phi) is 4.82. The maximum atomic E-state index is 13.0. The summed E-state index contributed by atoms with van der Waals surface area (Å²) < 4.78 is 28.7. The molecule has 0 saturated heterocycles. The van der Waals surface area contributed by atoms with Crippen LogP contribution in [-0.4, -0.2) is 20.2 Å². The minimum Gasteiger partial charge on any atom is -0.288 e. The summed E-state index contributed by atoms with van der Waals surface area (Å²) >= 11 is 0. The topological polar surface area (TPSA) is 92.3 Å². The summed E-state index contributed by atoms with van der Waals surface area (Å²) in [4.78, 5) is 23.5. The highest BCUT2D eigenvalue weighted by Crippen LogP contribution is 2.34. The van der Waals surface area contributed by atoms with Crippen LogP contribution in [0.2, 0.25) is 0 Å². The van der Waals surface area contributed by atoms with E-state index in [1.165, 1.54) is 18.2 Å². The second kappa shape index (κ2) is 6.81. The molecule has 3 rings (SSSR count). The van der Waals surface area contributed by atoms with E-state index in [4.69, 9.17) is 0 Å². The Labute approximate surface area is 159 Å². The van der Waals surface area contributed by atoms with Crippen molar-refractivity contribution in [3.8, 4) is 0 Å². The molecule has 2 amide bonds. The van der Waals surface area contributed by atoms with E-state index in [9.17, 15) is 18.0 Å². The maximum Gasteiger partial charge on any atom is 0.261 e. The zero-order chi connectivity index (χ0) is 19.9. The Balaban J connectivity index is 2.08. The summed E-state index contributed by atoms with van der Waals surface area (Å²) in [6.07, 6.45) is 0. The Hall–Kier alpha value is -2.67. The van der Waals surface area contributed by atoms with E-state index >= 15 is 0 Å². The number of imide groups is 1.